The number of fused-ring (bicyclic) bond motifs is 2. The number of nitrogens with zero attached hydrogens (tertiary/aromatic N) is 8. The van der Waals surface area contributed by atoms with Crippen LogP contribution in [-0.4, -0.2) is 66.2 Å². The van der Waals surface area contributed by atoms with Crippen molar-refractivity contribution in [2.24, 2.45) is 0 Å². The molecule has 5 rings (SSSR count). The number of carbonyl (C=O) groups is 1. The Labute approximate surface area is 180 Å². The lowest BCUT2D eigenvalue weighted by Crippen LogP contribution is -2.60. The van der Waals surface area contributed by atoms with Gasteiger partial charge >= 0.3 is 0 Å². The van der Waals surface area contributed by atoms with Crippen LogP contribution in [0, 0.1) is 6.92 Å². The molecule has 0 spiro atoms. The van der Waals surface area contributed by atoms with Gasteiger partial charge < -0.3 is 9.80 Å². The van der Waals surface area contributed by atoms with E-state index in [1.807, 2.05) is 64.3 Å². The fraction of sp³-hybridized carbons (Fsp3) is 0.409. The highest BCUT2D eigenvalue weighted by Gasteiger charge is 2.35. The fourth-order valence-corrected chi connectivity index (χ4v) is 4.01. The van der Waals surface area contributed by atoms with Gasteiger partial charge in [0.2, 0.25) is 0 Å². The molecule has 1 amide bonds. The molecule has 9 heteroatoms. The second kappa shape index (κ2) is 6.76. The third-order valence-corrected chi connectivity index (χ3v) is 5.88. The molecular weight excluding hydrogens is 392 g/mol. The summed E-state index contributed by atoms with van der Waals surface area (Å²) >= 11 is 0. The number of amides is 1. The van der Waals surface area contributed by atoms with Crippen molar-refractivity contribution >= 4 is 23.0 Å². The summed E-state index contributed by atoms with van der Waals surface area (Å²) in [5, 5.41) is 13.3. The number of anilines is 1. The number of hydrogen-bond donors (Lipinski definition) is 0. The summed E-state index contributed by atoms with van der Waals surface area (Å²) in [6.07, 6.45) is 1.88. The number of aryl methyl sites for hydroxylation is 1. The number of hydrogen-bond acceptors (Lipinski definition) is 6. The number of imidazole rings is 1. The second-order valence-electron chi connectivity index (χ2n) is 9.18. The van der Waals surface area contributed by atoms with Gasteiger partial charge in [-0.25, -0.2) is 4.98 Å². The molecule has 0 saturated carbocycles. The molecule has 9 nitrogen and oxygen atoms in total. The van der Waals surface area contributed by atoms with Gasteiger partial charge in [-0.3, -0.25) is 9.20 Å². The SMILES string of the molecule is Cc1nc2ccccn2c1C(=O)N(C)C1CN(c2ccc3nnc(C(C)(C)C)n3n2)C1. The molecule has 0 radical (unpaired) electrons. The van der Waals surface area contributed by atoms with E-state index in [9.17, 15) is 4.79 Å². The van der Waals surface area contributed by atoms with Crippen molar-refractivity contribution in [3.63, 3.8) is 0 Å². The molecule has 0 aliphatic carbocycles. The molecule has 0 N–H and O–H groups in total. The zero-order chi connectivity index (χ0) is 21.9. The van der Waals surface area contributed by atoms with Crippen molar-refractivity contribution in [2.45, 2.75) is 39.2 Å². The largest absolute Gasteiger partial charge is 0.351 e. The van der Waals surface area contributed by atoms with Gasteiger partial charge in [-0.1, -0.05) is 26.8 Å². The van der Waals surface area contributed by atoms with E-state index in [2.05, 4.69) is 40.9 Å². The smallest absolute Gasteiger partial charge is 0.272 e. The van der Waals surface area contributed by atoms with E-state index in [0.29, 0.717) is 5.69 Å². The van der Waals surface area contributed by atoms with Crippen LogP contribution in [-0.2, 0) is 5.41 Å². The van der Waals surface area contributed by atoms with Gasteiger partial charge in [-0.15, -0.1) is 15.3 Å². The molecule has 0 bridgehead atoms. The average molecular weight is 419 g/mol. The van der Waals surface area contributed by atoms with Crippen LogP contribution in [0.25, 0.3) is 11.3 Å². The first-order valence-electron chi connectivity index (χ1n) is 10.4. The molecule has 4 aromatic heterocycles. The third-order valence-electron chi connectivity index (χ3n) is 5.88. The van der Waals surface area contributed by atoms with Crippen molar-refractivity contribution in [1.29, 1.82) is 0 Å². The van der Waals surface area contributed by atoms with Crippen LogP contribution >= 0.6 is 0 Å². The summed E-state index contributed by atoms with van der Waals surface area (Å²) in [7, 11) is 1.86. The van der Waals surface area contributed by atoms with Crippen LogP contribution < -0.4 is 4.90 Å². The maximum Gasteiger partial charge on any atom is 0.272 e. The van der Waals surface area contributed by atoms with Gasteiger partial charge in [0.15, 0.2) is 11.5 Å². The van der Waals surface area contributed by atoms with Crippen LogP contribution in [0.1, 0.15) is 42.8 Å². The lowest BCUT2D eigenvalue weighted by atomic mass is 9.96. The van der Waals surface area contributed by atoms with Gasteiger partial charge in [0.1, 0.15) is 17.2 Å². The monoisotopic (exact) mass is 418 g/mol. The zero-order valence-electron chi connectivity index (χ0n) is 18.4. The Kier molecular flexibility index (Phi) is 4.25. The van der Waals surface area contributed by atoms with Crippen LogP contribution in [0.4, 0.5) is 5.82 Å². The van der Waals surface area contributed by atoms with Gasteiger partial charge in [-0.05, 0) is 31.2 Å². The molecule has 0 aromatic carbocycles. The highest BCUT2D eigenvalue weighted by Crippen LogP contribution is 2.25. The Morgan fingerprint density at radius 2 is 1.87 bits per heavy atom. The van der Waals surface area contributed by atoms with Gasteiger partial charge in [0.25, 0.3) is 5.91 Å². The molecule has 1 aliphatic heterocycles. The Bertz CT molecular complexity index is 1290. The molecule has 1 saturated heterocycles. The number of aromatic nitrogens is 6. The molecular formula is C22H26N8O. The molecule has 160 valence electrons. The Morgan fingerprint density at radius 3 is 2.61 bits per heavy atom. The first-order valence-corrected chi connectivity index (χ1v) is 10.4. The lowest BCUT2D eigenvalue weighted by Gasteiger charge is -2.44. The zero-order valence-corrected chi connectivity index (χ0v) is 18.4. The highest BCUT2D eigenvalue weighted by molar-refractivity contribution is 5.95. The lowest BCUT2D eigenvalue weighted by molar-refractivity contribution is 0.0697. The summed E-state index contributed by atoms with van der Waals surface area (Å²) < 4.78 is 3.68. The minimum atomic E-state index is -0.152. The molecule has 4 aromatic rings. The van der Waals surface area contributed by atoms with Gasteiger partial charge in [0, 0.05) is 31.7 Å². The first-order chi connectivity index (χ1) is 14.7. The number of rotatable bonds is 3. The van der Waals surface area contributed by atoms with Gasteiger partial charge in [-0.2, -0.15) is 4.52 Å². The summed E-state index contributed by atoms with van der Waals surface area (Å²) in [6.45, 7) is 9.62. The van der Waals surface area contributed by atoms with E-state index in [0.717, 1.165) is 41.7 Å². The number of likely N-dealkylation sites (N-methyl/N-ethyl adjacent to an activating group) is 1. The third kappa shape index (κ3) is 3.11. The van der Waals surface area contributed by atoms with E-state index in [-0.39, 0.29) is 17.4 Å². The topological polar surface area (TPSA) is 83.9 Å². The summed E-state index contributed by atoms with van der Waals surface area (Å²) in [4.78, 5) is 21.7. The van der Waals surface area contributed by atoms with E-state index in [1.54, 1.807) is 0 Å². The molecule has 0 unspecified atom stereocenters. The van der Waals surface area contributed by atoms with E-state index < -0.39 is 0 Å². The van der Waals surface area contributed by atoms with Crippen molar-refractivity contribution in [2.75, 3.05) is 25.0 Å². The molecule has 5 heterocycles. The Balaban J connectivity index is 1.34. The van der Waals surface area contributed by atoms with E-state index in [1.165, 1.54) is 0 Å². The second-order valence-corrected chi connectivity index (χ2v) is 9.18. The predicted molar refractivity (Wildman–Crippen MR) is 118 cm³/mol. The molecule has 1 aliphatic rings. The molecule has 31 heavy (non-hydrogen) atoms. The Hall–Kier alpha value is -3.49. The van der Waals surface area contributed by atoms with Crippen LogP contribution in [0.5, 0.6) is 0 Å². The minimum Gasteiger partial charge on any atom is -0.351 e. The number of carbonyl (C=O) groups excluding carboxylic acids is 1. The first kappa shape index (κ1) is 19.5. The summed E-state index contributed by atoms with van der Waals surface area (Å²) in [6, 6.07) is 9.76. The maximum atomic E-state index is 13.2. The van der Waals surface area contributed by atoms with Crippen LogP contribution in [0.15, 0.2) is 36.5 Å². The van der Waals surface area contributed by atoms with Crippen LogP contribution in [0.2, 0.25) is 0 Å². The number of pyridine rings is 1. The van der Waals surface area contributed by atoms with Crippen molar-refractivity contribution in [3.8, 4) is 0 Å². The van der Waals surface area contributed by atoms with E-state index in [4.69, 9.17) is 5.10 Å². The minimum absolute atomic E-state index is 0.0157. The predicted octanol–water partition coefficient (Wildman–Crippen LogP) is 2.34. The van der Waals surface area contributed by atoms with Gasteiger partial charge in [0.05, 0.1) is 11.7 Å². The van der Waals surface area contributed by atoms with E-state index >= 15 is 0 Å². The normalized spacial score (nSPS) is 14.9. The average Bonchev–Trinajstić information content (AvgIpc) is 3.25. The maximum absolute atomic E-state index is 13.2. The quantitative estimate of drug-likeness (QED) is 0.508. The summed E-state index contributed by atoms with van der Waals surface area (Å²) in [5.74, 6) is 1.68. The molecule has 0 atom stereocenters. The highest BCUT2D eigenvalue weighted by atomic mass is 16.2. The molecule has 1 fully saturated rings. The summed E-state index contributed by atoms with van der Waals surface area (Å²) in [5.41, 5.74) is 2.74. The van der Waals surface area contributed by atoms with Crippen molar-refractivity contribution in [3.05, 3.63) is 53.7 Å². The fourth-order valence-electron chi connectivity index (χ4n) is 4.01. The standard InChI is InChI=1S/C22H26N8O/c1-14-19(29-11-7-6-8-16(29)23-14)20(31)27(5)15-12-28(13-15)18-10-9-17-24-25-21(22(2,3)4)30(17)26-18/h6-11,15H,12-13H2,1-5H3. The van der Waals surface area contributed by atoms with Crippen molar-refractivity contribution in [1.82, 2.24) is 34.1 Å². The van der Waals surface area contributed by atoms with Crippen molar-refractivity contribution < 1.29 is 4.79 Å². The Morgan fingerprint density at radius 1 is 1.10 bits per heavy atom. The van der Waals surface area contributed by atoms with Crippen LogP contribution in [0.3, 0.4) is 0 Å².